The fraction of sp³-hybridized carbons (Fsp3) is 0.500. The van der Waals surface area contributed by atoms with Crippen molar-refractivity contribution >= 4 is 22.6 Å². The van der Waals surface area contributed by atoms with Gasteiger partial charge in [0.2, 0.25) is 5.91 Å². The summed E-state index contributed by atoms with van der Waals surface area (Å²) in [5.41, 5.74) is 2.48. The lowest BCUT2D eigenvalue weighted by Crippen LogP contribution is -2.31. The third-order valence-corrected chi connectivity index (χ3v) is 4.52. The average Bonchev–Trinajstić information content (AvgIpc) is 3.14. The summed E-state index contributed by atoms with van der Waals surface area (Å²) in [5, 5.41) is 5.27. The van der Waals surface area contributed by atoms with Gasteiger partial charge in [-0.25, -0.2) is 0 Å². The van der Waals surface area contributed by atoms with Crippen molar-refractivity contribution in [2.24, 2.45) is 0 Å². The zero-order chi connectivity index (χ0) is 16.6. The first-order valence-electron chi connectivity index (χ1n) is 8.26. The molecular formula is C18H23N3O2. The summed E-state index contributed by atoms with van der Waals surface area (Å²) in [6.45, 7) is 7.62. The highest BCUT2D eigenvalue weighted by Gasteiger charge is 2.21. The molecule has 0 atom stereocenters. The number of aromatic nitrogens is 2. The van der Waals surface area contributed by atoms with E-state index in [1.54, 1.807) is 4.68 Å². The Hall–Kier alpha value is -2.17. The highest BCUT2D eigenvalue weighted by atomic mass is 16.2. The molecule has 1 saturated heterocycles. The molecule has 1 amide bonds. The van der Waals surface area contributed by atoms with Crippen molar-refractivity contribution in [1.82, 2.24) is 14.7 Å². The van der Waals surface area contributed by atoms with Crippen LogP contribution < -0.4 is 0 Å². The molecule has 0 unspecified atom stereocenters. The number of Topliss-reactive ketones (excluding diaryl/α,β-unsaturated/α-hetero) is 1. The lowest BCUT2D eigenvalue weighted by atomic mass is 10.0. The molecule has 0 N–H and O–H groups in total. The Kier molecular flexibility index (Phi) is 4.20. The van der Waals surface area contributed by atoms with Gasteiger partial charge in [0.05, 0.1) is 5.52 Å². The molecule has 1 aliphatic heterocycles. The second kappa shape index (κ2) is 6.14. The van der Waals surface area contributed by atoms with E-state index in [9.17, 15) is 9.59 Å². The Labute approximate surface area is 136 Å². The number of carbonyl (C=O) groups is 2. The average molecular weight is 313 g/mol. The molecule has 5 heteroatoms. The summed E-state index contributed by atoms with van der Waals surface area (Å²) in [7, 11) is 0. The van der Waals surface area contributed by atoms with E-state index in [1.165, 1.54) is 12.5 Å². The fourth-order valence-corrected chi connectivity index (χ4v) is 3.13. The molecule has 1 fully saturated rings. The summed E-state index contributed by atoms with van der Waals surface area (Å²) < 4.78 is 1.68. The number of fused-ring (bicyclic) bond motifs is 1. The summed E-state index contributed by atoms with van der Waals surface area (Å²) in [5.74, 6) is 0.395. The number of nitrogens with zero attached hydrogens (tertiary/aromatic N) is 3. The lowest BCUT2D eigenvalue weighted by Gasteiger charge is -2.15. The van der Waals surface area contributed by atoms with Crippen LogP contribution in [0.15, 0.2) is 18.2 Å². The lowest BCUT2D eigenvalue weighted by molar-refractivity contribution is -0.130. The summed E-state index contributed by atoms with van der Waals surface area (Å²) >= 11 is 0. The molecule has 2 heterocycles. The van der Waals surface area contributed by atoms with Gasteiger partial charge in [-0.05, 0) is 36.5 Å². The molecule has 0 spiro atoms. The molecule has 23 heavy (non-hydrogen) atoms. The molecule has 0 saturated carbocycles. The molecule has 1 aliphatic rings. The van der Waals surface area contributed by atoms with E-state index in [-0.39, 0.29) is 18.2 Å². The third kappa shape index (κ3) is 3.00. The molecule has 3 rings (SSSR count). The molecule has 0 radical (unpaired) electrons. The number of hydrogen-bond acceptors (Lipinski definition) is 3. The Morgan fingerprint density at radius 1 is 1.22 bits per heavy atom. The summed E-state index contributed by atoms with van der Waals surface area (Å²) in [4.78, 5) is 26.2. The van der Waals surface area contributed by atoms with Crippen LogP contribution in [0.2, 0.25) is 0 Å². The van der Waals surface area contributed by atoms with Gasteiger partial charge >= 0.3 is 0 Å². The Morgan fingerprint density at radius 2 is 1.91 bits per heavy atom. The van der Waals surface area contributed by atoms with E-state index in [0.717, 1.165) is 36.8 Å². The van der Waals surface area contributed by atoms with Crippen LogP contribution >= 0.6 is 0 Å². The number of ketones is 1. The quantitative estimate of drug-likeness (QED) is 0.815. The van der Waals surface area contributed by atoms with E-state index >= 15 is 0 Å². The Balaban J connectivity index is 2.00. The van der Waals surface area contributed by atoms with Gasteiger partial charge in [0.1, 0.15) is 12.2 Å². The maximum Gasteiger partial charge on any atom is 0.244 e. The van der Waals surface area contributed by atoms with Gasteiger partial charge in [0, 0.05) is 25.4 Å². The number of amides is 1. The number of hydrogen-bond donors (Lipinski definition) is 0. The first-order chi connectivity index (χ1) is 11.0. The van der Waals surface area contributed by atoms with Gasteiger partial charge in [-0.1, -0.05) is 19.9 Å². The topological polar surface area (TPSA) is 55.2 Å². The SMILES string of the molecule is CC(=O)c1nn(CC(=O)N2CCCC2)c2ccc(C(C)C)cc12. The van der Waals surface area contributed by atoms with Crippen molar-refractivity contribution in [2.75, 3.05) is 13.1 Å². The highest BCUT2D eigenvalue weighted by Crippen LogP contribution is 2.25. The van der Waals surface area contributed by atoms with E-state index < -0.39 is 0 Å². The maximum atomic E-state index is 12.4. The van der Waals surface area contributed by atoms with Gasteiger partial charge in [0.25, 0.3) is 0 Å². The number of rotatable bonds is 4. The molecule has 0 aliphatic carbocycles. The van der Waals surface area contributed by atoms with Gasteiger partial charge < -0.3 is 4.90 Å². The largest absolute Gasteiger partial charge is 0.341 e. The van der Waals surface area contributed by atoms with Crippen LogP contribution in [0.4, 0.5) is 0 Å². The molecule has 0 bridgehead atoms. The van der Waals surface area contributed by atoms with Gasteiger partial charge in [-0.3, -0.25) is 14.3 Å². The van der Waals surface area contributed by atoms with E-state index in [2.05, 4.69) is 25.0 Å². The molecule has 122 valence electrons. The number of likely N-dealkylation sites (tertiary alicyclic amines) is 1. The van der Waals surface area contributed by atoms with Gasteiger partial charge in [-0.2, -0.15) is 5.10 Å². The van der Waals surface area contributed by atoms with Crippen molar-refractivity contribution in [2.45, 2.75) is 46.1 Å². The van der Waals surface area contributed by atoms with Crippen molar-refractivity contribution in [1.29, 1.82) is 0 Å². The maximum absolute atomic E-state index is 12.4. The predicted octanol–water partition coefficient (Wildman–Crippen LogP) is 2.98. The summed E-state index contributed by atoms with van der Waals surface area (Å²) in [6.07, 6.45) is 2.14. The van der Waals surface area contributed by atoms with Crippen LogP contribution in [-0.4, -0.2) is 39.5 Å². The van der Waals surface area contributed by atoms with Crippen LogP contribution in [-0.2, 0) is 11.3 Å². The molecular weight excluding hydrogens is 290 g/mol. The van der Waals surface area contributed by atoms with Gasteiger partial charge in [-0.15, -0.1) is 0 Å². The minimum absolute atomic E-state index is 0.0664. The van der Waals surface area contributed by atoms with E-state index in [0.29, 0.717) is 11.6 Å². The standard InChI is InChI=1S/C18H23N3O2/c1-12(2)14-6-7-16-15(10-14)18(13(3)22)19-21(16)11-17(23)20-8-4-5-9-20/h6-7,10,12H,4-5,8-9,11H2,1-3H3. The third-order valence-electron chi connectivity index (χ3n) is 4.52. The number of benzene rings is 1. The Morgan fingerprint density at radius 3 is 2.52 bits per heavy atom. The predicted molar refractivity (Wildman–Crippen MR) is 89.6 cm³/mol. The second-order valence-electron chi connectivity index (χ2n) is 6.58. The molecule has 1 aromatic heterocycles. The van der Waals surface area contributed by atoms with Crippen molar-refractivity contribution in [3.8, 4) is 0 Å². The molecule has 2 aromatic rings. The summed E-state index contributed by atoms with van der Waals surface area (Å²) in [6, 6.07) is 6.05. The van der Waals surface area contributed by atoms with Crippen molar-refractivity contribution in [3.63, 3.8) is 0 Å². The fourth-order valence-electron chi connectivity index (χ4n) is 3.13. The van der Waals surface area contributed by atoms with Crippen molar-refractivity contribution < 1.29 is 9.59 Å². The second-order valence-corrected chi connectivity index (χ2v) is 6.58. The first kappa shape index (κ1) is 15.7. The smallest absolute Gasteiger partial charge is 0.244 e. The van der Waals surface area contributed by atoms with Crippen molar-refractivity contribution in [3.05, 3.63) is 29.5 Å². The van der Waals surface area contributed by atoms with Crippen LogP contribution in [0.3, 0.4) is 0 Å². The zero-order valence-corrected chi connectivity index (χ0v) is 14.0. The van der Waals surface area contributed by atoms with Crippen LogP contribution in [0.25, 0.3) is 10.9 Å². The molecule has 5 nitrogen and oxygen atoms in total. The van der Waals surface area contributed by atoms with Gasteiger partial charge in [0.15, 0.2) is 5.78 Å². The van der Waals surface area contributed by atoms with Crippen LogP contribution in [0.1, 0.15) is 55.6 Å². The van der Waals surface area contributed by atoms with E-state index in [1.807, 2.05) is 17.0 Å². The van der Waals surface area contributed by atoms with E-state index in [4.69, 9.17) is 0 Å². The Bertz CT molecular complexity index is 755. The minimum atomic E-state index is -0.0664. The minimum Gasteiger partial charge on any atom is -0.341 e. The number of carbonyl (C=O) groups excluding carboxylic acids is 2. The first-order valence-corrected chi connectivity index (χ1v) is 8.26. The molecule has 1 aromatic carbocycles. The van der Waals surface area contributed by atoms with Crippen LogP contribution in [0.5, 0.6) is 0 Å². The monoisotopic (exact) mass is 313 g/mol. The zero-order valence-electron chi connectivity index (χ0n) is 14.0. The normalized spacial score (nSPS) is 14.9. The van der Waals surface area contributed by atoms with Crippen LogP contribution in [0, 0.1) is 0 Å². The highest BCUT2D eigenvalue weighted by molar-refractivity contribution is 6.05.